The van der Waals surface area contributed by atoms with Crippen molar-refractivity contribution in [3.05, 3.63) is 29.6 Å². The summed E-state index contributed by atoms with van der Waals surface area (Å²) in [5.74, 6) is -1.64. The molecule has 0 bridgehead atoms. The Labute approximate surface area is 101 Å². The Morgan fingerprint density at radius 3 is 2.33 bits per heavy atom. The molecule has 9 heteroatoms. The minimum absolute atomic E-state index is 0.0162. The van der Waals surface area contributed by atoms with Crippen LogP contribution >= 0.6 is 0 Å². The van der Waals surface area contributed by atoms with Gasteiger partial charge in [-0.15, -0.1) is 0 Å². The van der Waals surface area contributed by atoms with Crippen LogP contribution in [0.25, 0.3) is 0 Å². The van der Waals surface area contributed by atoms with E-state index in [4.69, 9.17) is 5.73 Å². The number of nitrogens with one attached hydrogen (secondary N) is 1. The van der Waals surface area contributed by atoms with Gasteiger partial charge >= 0.3 is 6.18 Å². The fourth-order valence-electron chi connectivity index (χ4n) is 1.17. The maximum Gasteiger partial charge on any atom is 0.419 e. The van der Waals surface area contributed by atoms with Crippen molar-refractivity contribution in [2.75, 3.05) is 13.1 Å². The molecule has 0 spiro atoms. The van der Waals surface area contributed by atoms with Crippen molar-refractivity contribution in [1.29, 1.82) is 0 Å². The number of benzene rings is 1. The third-order valence-electron chi connectivity index (χ3n) is 1.99. The number of alkyl halides is 3. The summed E-state index contributed by atoms with van der Waals surface area (Å²) in [6.07, 6.45) is -4.86. The third-order valence-corrected chi connectivity index (χ3v) is 3.45. The average molecular weight is 286 g/mol. The van der Waals surface area contributed by atoms with E-state index in [1.54, 1.807) is 0 Å². The summed E-state index contributed by atoms with van der Waals surface area (Å²) in [7, 11) is -4.04. The molecule has 0 radical (unpaired) electrons. The van der Waals surface area contributed by atoms with Gasteiger partial charge in [-0.1, -0.05) is 0 Å². The molecule has 18 heavy (non-hydrogen) atoms. The zero-order valence-corrected chi connectivity index (χ0v) is 9.78. The molecule has 0 aliphatic carbocycles. The maximum absolute atomic E-state index is 13.2. The van der Waals surface area contributed by atoms with Gasteiger partial charge in [0.25, 0.3) is 0 Å². The van der Waals surface area contributed by atoms with Crippen molar-refractivity contribution >= 4 is 10.0 Å². The van der Waals surface area contributed by atoms with Crippen molar-refractivity contribution in [1.82, 2.24) is 4.72 Å². The average Bonchev–Trinajstić information content (AvgIpc) is 2.24. The molecule has 0 saturated carbocycles. The second-order valence-corrected chi connectivity index (χ2v) is 5.09. The van der Waals surface area contributed by atoms with Crippen LogP contribution in [0.3, 0.4) is 0 Å². The van der Waals surface area contributed by atoms with E-state index in [1.165, 1.54) is 0 Å². The Hall–Kier alpha value is -1.19. The molecule has 1 aromatic rings. The lowest BCUT2D eigenvalue weighted by Crippen LogP contribution is -2.29. The number of rotatable bonds is 4. The van der Waals surface area contributed by atoms with Crippen LogP contribution in [0.2, 0.25) is 0 Å². The van der Waals surface area contributed by atoms with Crippen molar-refractivity contribution in [2.45, 2.75) is 11.1 Å². The van der Waals surface area contributed by atoms with Crippen LogP contribution in [0.1, 0.15) is 5.56 Å². The second-order valence-electron chi connectivity index (χ2n) is 3.33. The highest BCUT2D eigenvalue weighted by atomic mass is 32.2. The summed E-state index contributed by atoms with van der Waals surface area (Å²) in [5.41, 5.74) is 3.56. The first-order valence-corrected chi connectivity index (χ1v) is 6.23. The second kappa shape index (κ2) is 5.21. The molecule has 0 aliphatic rings. The molecule has 1 rings (SSSR count). The van der Waals surface area contributed by atoms with Crippen LogP contribution in [0.15, 0.2) is 23.1 Å². The number of hydrogen-bond donors (Lipinski definition) is 2. The maximum atomic E-state index is 13.2. The summed E-state index contributed by atoms with van der Waals surface area (Å²) < 4.78 is 74.9. The predicted molar refractivity (Wildman–Crippen MR) is 55.6 cm³/mol. The molecule has 0 aliphatic heterocycles. The molecule has 0 aromatic heterocycles. The summed E-state index contributed by atoms with van der Waals surface area (Å²) in [5, 5.41) is 0. The Bertz CT molecular complexity index is 528. The molecular weight excluding hydrogens is 276 g/mol. The SMILES string of the molecule is NCCNS(=O)(=O)c1ccc(C(F)(F)F)c(F)c1. The molecule has 0 unspecified atom stereocenters. The summed E-state index contributed by atoms with van der Waals surface area (Å²) >= 11 is 0. The fraction of sp³-hybridized carbons (Fsp3) is 0.333. The topological polar surface area (TPSA) is 72.2 Å². The molecular formula is C9H10F4N2O2S. The van der Waals surface area contributed by atoms with Gasteiger partial charge in [0.2, 0.25) is 10.0 Å². The lowest BCUT2D eigenvalue weighted by molar-refractivity contribution is -0.140. The van der Waals surface area contributed by atoms with Gasteiger partial charge in [0.15, 0.2) is 0 Å². The number of sulfonamides is 1. The van der Waals surface area contributed by atoms with E-state index in [-0.39, 0.29) is 13.1 Å². The zero-order chi connectivity index (χ0) is 14.0. The van der Waals surface area contributed by atoms with Crippen LogP contribution in [-0.2, 0) is 16.2 Å². The zero-order valence-electron chi connectivity index (χ0n) is 8.96. The van der Waals surface area contributed by atoms with E-state index >= 15 is 0 Å². The molecule has 4 nitrogen and oxygen atoms in total. The summed E-state index contributed by atoms with van der Waals surface area (Å²) in [6, 6.07) is 1.39. The Morgan fingerprint density at radius 2 is 1.89 bits per heavy atom. The first-order chi connectivity index (χ1) is 8.18. The number of hydrogen-bond acceptors (Lipinski definition) is 3. The van der Waals surface area contributed by atoms with Gasteiger partial charge in [0.05, 0.1) is 10.5 Å². The van der Waals surface area contributed by atoms with Gasteiger partial charge in [-0.3, -0.25) is 0 Å². The minimum atomic E-state index is -4.86. The van der Waals surface area contributed by atoms with Crippen LogP contribution in [0.4, 0.5) is 17.6 Å². The number of halogens is 4. The first-order valence-electron chi connectivity index (χ1n) is 4.75. The standard InChI is InChI=1S/C9H10F4N2O2S/c10-8-5-6(18(16,17)15-4-3-14)1-2-7(8)9(11,12)13/h1-2,5,15H,3-4,14H2. The largest absolute Gasteiger partial charge is 0.419 e. The van der Waals surface area contributed by atoms with Crippen LogP contribution in [0.5, 0.6) is 0 Å². The van der Waals surface area contributed by atoms with Gasteiger partial charge in [-0.25, -0.2) is 17.5 Å². The van der Waals surface area contributed by atoms with Gasteiger partial charge in [-0.2, -0.15) is 13.2 Å². The minimum Gasteiger partial charge on any atom is -0.329 e. The Kier molecular flexibility index (Phi) is 4.30. The number of nitrogens with two attached hydrogens (primary N) is 1. The van der Waals surface area contributed by atoms with E-state index in [9.17, 15) is 26.0 Å². The quantitative estimate of drug-likeness (QED) is 0.814. The fourth-order valence-corrected chi connectivity index (χ4v) is 2.23. The lowest BCUT2D eigenvalue weighted by atomic mass is 10.2. The van der Waals surface area contributed by atoms with E-state index in [0.717, 1.165) is 0 Å². The summed E-state index contributed by atoms with van der Waals surface area (Å²) in [6.45, 7) is -0.0761. The van der Waals surface area contributed by atoms with Crippen molar-refractivity contribution in [3.8, 4) is 0 Å². The molecule has 0 amide bonds. The molecule has 0 saturated heterocycles. The molecule has 102 valence electrons. The van der Waals surface area contributed by atoms with Crippen molar-refractivity contribution in [3.63, 3.8) is 0 Å². The van der Waals surface area contributed by atoms with Crippen LogP contribution < -0.4 is 10.5 Å². The highest BCUT2D eigenvalue weighted by molar-refractivity contribution is 7.89. The normalized spacial score (nSPS) is 12.7. The predicted octanol–water partition coefficient (Wildman–Crippen LogP) is 1.08. The van der Waals surface area contributed by atoms with E-state index in [0.29, 0.717) is 18.2 Å². The molecule has 0 atom stereocenters. The molecule has 0 heterocycles. The summed E-state index contributed by atoms with van der Waals surface area (Å²) in [4.78, 5) is -0.582. The third kappa shape index (κ3) is 3.40. The van der Waals surface area contributed by atoms with E-state index in [1.807, 2.05) is 4.72 Å². The van der Waals surface area contributed by atoms with Gasteiger partial charge in [0, 0.05) is 13.1 Å². The molecule has 3 N–H and O–H groups in total. The van der Waals surface area contributed by atoms with Gasteiger partial charge in [-0.05, 0) is 18.2 Å². The highest BCUT2D eigenvalue weighted by Gasteiger charge is 2.34. The molecule has 1 aromatic carbocycles. The molecule has 0 fully saturated rings. The van der Waals surface area contributed by atoms with Crippen molar-refractivity contribution < 1.29 is 26.0 Å². The van der Waals surface area contributed by atoms with Crippen molar-refractivity contribution in [2.24, 2.45) is 5.73 Å². The smallest absolute Gasteiger partial charge is 0.329 e. The Morgan fingerprint density at radius 1 is 1.28 bits per heavy atom. The van der Waals surface area contributed by atoms with Crippen LogP contribution in [-0.4, -0.2) is 21.5 Å². The first kappa shape index (κ1) is 14.9. The Balaban J connectivity index is 3.12. The van der Waals surface area contributed by atoms with Gasteiger partial charge < -0.3 is 5.73 Å². The van der Waals surface area contributed by atoms with Crippen LogP contribution in [0, 0.1) is 5.82 Å². The monoisotopic (exact) mass is 286 g/mol. The highest BCUT2D eigenvalue weighted by Crippen LogP contribution is 2.32. The van der Waals surface area contributed by atoms with E-state index < -0.39 is 32.5 Å². The van der Waals surface area contributed by atoms with Gasteiger partial charge in [0.1, 0.15) is 5.82 Å². The van der Waals surface area contributed by atoms with E-state index in [2.05, 4.69) is 0 Å². The lowest BCUT2D eigenvalue weighted by Gasteiger charge is -2.10.